The van der Waals surface area contributed by atoms with E-state index < -0.39 is 6.02 Å². The van der Waals surface area contributed by atoms with Gasteiger partial charge in [-0.2, -0.15) is 0 Å². The van der Waals surface area contributed by atoms with Crippen LogP contribution in [0.5, 0.6) is 0 Å². The maximum Gasteiger partial charge on any atom is 0.159 e. The highest BCUT2D eigenvalue weighted by Crippen LogP contribution is 2.46. The molecule has 3 heterocycles. The predicted molar refractivity (Wildman–Crippen MR) is 107 cm³/mol. The third kappa shape index (κ3) is 2.05. The van der Waals surface area contributed by atoms with Gasteiger partial charge in [0.15, 0.2) is 11.4 Å². The first-order valence-corrected chi connectivity index (χ1v) is 8.74. The Kier molecular flexibility index (Phi) is 3.00. The summed E-state index contributed by atoms with van der Waals surface area (Å²) < 4.78 is 14.8. The summed E-state index contributed by atoms with van der Waals surface area (Å²) in [7, 11) is 0. The predicted octanol–water partition coefficient (Wildman–Crippen LogP) is 5.78. The Morgan fingerprint density at radius 1 is 1.04 bits per heavy atom. The van der Waals surface area contributed by atoms with Crippen LogP contribution < -0.4 is 9.80 Å². The Morgan fingerprint density at radius 3 is 2.73 bits per heavy atom. The van der Waals surface area contributed by atoms with E-state index in [4.69, 9.17) is 5.79 Å². The summed E-state index contributed by atoms with van der Waals surface area (Å²) in [5, 5.41) is 2.19. The molecule has 1 aliphatic rings. The molecule has 0 bridgehead atoms. The van der Waals surface area contributed by atoms with E-state index in [-0.39, 0.29) is 0 Å². The van der Waals surface area contributed by atoms with E-state index >= 15 is 0 Å². The number of para-hydroxylation sites is 1. The summed E-state index contributed by atoms with van der Waals surface area (Å²) in [6, 6.07) is 15.4. The van der Waals surface area contributed by atoms with Crippen LogP contribution in [0.25, 0.3) is 21.9 Å². The topological polar surface area (TPSA) is 32.5 Å². The van der Waals surface area contributed by atoms with Crippen LogP contribution in [0.4, 0.5) is 17.2 Å². The van der Waals surface area contributed by atoms with Crippen molar-refractivity contribution in [3.05, 3.63) is 67.0 Å². The Hall–Kier alpha value is -3.01. The Labute approximate surface area is 154 Å². The lowest BCUT2D eigenvalue weighted by molar-refractivity contribution is 0.667. The lowest BCUT2D eigenvalue weighted by atomic mass is 10.1. The van der Waals surface area contributed by atoms with Gasteiger partial charge in [-0.25, -0.2) is 4.98 Å². The molecule has 4 heteroatoms. The molecular formula is C22H20N3O. The van der Waals surface area contributed by atoms with Crippen LogP contribution in [0, 0.1) is 13.6 Å². The molecule has 1 radical (unpaired) electrons. The molecule has 26 heavy (non-hydrogen) atoms. The number of furan rings is 1. The van der Waals surface area contributed by atoms with Crippen LogP contribution in [0.2, 0.25) is 0 Å². The van der Waals surface area contributed by atoms with Crippen molar-refractivity contribution in [3.63, 3.8) is 0 Å². The average Bonchev–Trinajstić information content (AvgIpc) is 3.20. The van der Waals surface area contributed by atoms with E-state index in [2.05, 4.69) is 30.1 Å². The third-order valence-electron chi connectivity index (χ3n) is 4.93. The normalized spacial score (nSPS) is 15.0. The number of fused-ring (bicyclic) bond motifs is 4. The molecule has 129 valence electrons. The molecule has 4 aromatic rings. The van der Waals surface area contributed by atoms with E-state index in [0.29, 0.717) is 0 Å². The van der Waals surface area contributed by atoms with Crippen molar-refractivity contribution in [2.75, 3.05) is 9.80 Å². The van der Waals surface area contributed by atoms with Crippen molar-refractivity contribution in [1.29, 1.82) is 0 Å². The molecule has 4 nitrogen and oxygen atoms in total. The number of rotatable bonds is 2. The largest absolute Gasteiger partial charge is 0.454 e. The van der Waals surface area contributed by atoms with Gasteiger partial charge in [0.2, 0.25) is 0 Å². The van der Waals surface area contributed by atoms with Gasteiger partial charge in [0, 0.05) is 23.0 Å². The summed E-state index contributed by atoms with van der Waals surface area (Å²) in [6.45, 7) is 7.78. The summed E-state index contributed by atoms with van der Waals surface area (Å²) in [4.78, 5) is 8.60. The minimum absolute atomic E-state index is 0.803. The highest BCUT2D eigenvalue weighted by molar-refractivity contribution is 6.10. The van der Waals surface area contributed by atoms with Gasteiger partial charge in [-0.3, -0.25) is 4.90 Å². The van der Waals surface area contributed by atoms with E-state index in [0.717, 1.165) is 44.7 Å². The molecule has 2 aromatic heterocycles. The summed E-state index contributed by atoms with van der Waals surface area (Å²) >= 11 is 0. The molecule has 0 amide bonds. The summed E-state index contributed by atoms with van der Waals surface area (Å²) in [5.41, 5.74) is 4.70. The Balaban J connectivity index is 1.78. The lowest BCUT2D eigenvalue weighted by Crippen LogP contribution is -2.28. The van der Waals surface area contributed by atoms with Gasteiger partial charge in [-0.05, 0) is 44.5 Å². The van der Waals surface area contributed by atoms with Crippen molar-refractivity contribution in [2.45, 2.75) is 26.8 Å². The van der Waals surface area contributed by atoms with Crippen LogP contribution in [0.3, 0.4) is 0 Å². The van der Waals surface area contributed by atoms with E-state index in [1.54, 1.807) is 6.20 Å². The highest BCUT2D eigenvalue weighted by Gasteiger charge is 2.33. The standard InChI is InChI=1S/C22H20N3O/c1-14(2)24-13-25(22-18(24)8-6-12-23-22)20-15(3)10-11-17-16-7-4-5-9-19(16)26-21(17)20/h4-14H,1-3H3/i14D. The summed E-state index contributed by atoms with van der Waals surface area (Å²) in [5.74, 6) is 0.814. The Bertz CT molecular complexity index is 1180. The van der Waals surface area contributed by atoms with Gasteiger partial charge in [-0.1, -0.05) is 30.3 Å². The second kappa shape index (κ2) is 5.49. The van der Waals surface area contributed by atoms with E-state index in [1.807, 2.05) is 60.6 Å². The molecular weight excluding hydrogens is 322 g/mol. The molecule has 0 saturated heterocycles. The fraction of sp³-hybridized carbons (Fsp3) is 0.182. The van der Waals surface area contributed by atoms with Crippen LogP contribution in [0.1, 0.15) is 20.8 Å². The molecule has 0 spiro atoms. The minimum Gasteiger partial charge on any atom is -0.454 e. The molecule has 2 aromatic carbocycles. The number of hydrogen-bond acceptors (Lipinski definition) is 4. The molecule has 5 rings (SSSR count). The highest BCUT2D eigenvalue weighted by atomic mass is 16.3. The number of anilines is 3. The molecule has 0 saturated carbocycles. The van der Waals surface area contributed by atoms with Gasteiger partial charge in [0.05, 0.1) is 12.7 Å². The quantitative estimate of drug-likeness (QED) is 0.462. The van der Waals surface area contributed by atoms with E-state index in [1.165, 1.54) is 0 Å². The lowest BCUT2D eigenvalue weighted by Gasteiger charge is -2.24. The van der Waals surface area contributed by atoms with Crippen molar-refractivity contribution in [1.82, 2.24) is 4.98 Å². The summed E-state index contributed by atoms with van der Waals surface area (Å²) in [6.07, 6.45) is 1.79. The first kappa shape index (κ1) is 14.2. The monoisotopic (exact) mass is 343 g/mol. The van der Waals surface area contributed by atoms with Crippen molar-refractivity contribution < 1.29 is 5.79 Å². The molecule has 0 fully saturated rings. The zero-order valence-corrected chi connectivity index (χ0v) is 15.0. The van der Waals surface area contributed by atoms with Gasteiger partial charge < -0.3 is 9.32 Å². The van der Waals surface area contributed by atoms with Gasteiger partial charge in [0.1, 0.15) is 12.3 Å². The number of benzene rings is 2. The minimum atomic E-state index is -0.803. The number of nitrogens with zero attached hydrogens (tertiary/aromatic N) is 3. The van der Waals surface area contributed by atoms with Gasteiger partial charge >= 0.3 is 0 Å². The maximum atomic E-state index is 8.53. The SMILES string of the molecule is [2H]C(C)(C)N1[CH]N(c2c(C)ccc3c2oc2ccccc23)c2ncccc21. The molecule has 0 unspecified atom stereocenters. The van der Waals surface area contributed by atoms with Crippen LogP contribution >= 0.6 is 0 Å². The first-order chi connectivity index (χ1) is 12.9. The van der Waals surface area contributed by atoms with Gasteiger partial charge in [0.25, 0.3) is 0 Å². The zero-order valence-electron chi connectivity index (χ0n) is 16.0. The smallest absolute Gasteiger partial charge is 0.159 e. The molecule has 1 aliphatic heterocycles. The first-order valence-electron chi connectivity index (χ1n) is 9.24. The number of aryl methyl sites for hydroxylation is 1. The van der Waals surface area contributed by atoms with Crippen LogP contribution in [0.15, 0.2) is 59.1 Å². The van der Waals surface area contributed by atoms with Crippen LogP contribution in [-0.4, -0.2) is 11.0 Å². The zero-order chi connectivity index (χ0) is 18.8. The van der Waals surface area contributed by atoms with Crippen molar-refractivity contribution >= 4 is 39.1 Å². The number of aromatic nitrogens is 1. The molecule has 0 N–H and O–H groups in total. The average molecular weight is 343 g/mol. The Morgan fingerprint density at radius 2 is 1.88 bits per heavy atom. The number of pyridine rings is 1. The molecule has 0 aliphatic carbocycles. The van der Waals surface area contributed by atoms with Gasteiger partial charge in [-0.15, -0.1) is 0 Å². The second-order valence-electron chi connectivity index (χ2n) is 6.85. The molecule has 0 atom stereocenters. The number of hydrogen-bond donors (Lipinski definition) is 0. The van der Waals surface area contributed by atoms with E-state index in [9.17, 15) is 0 Å². The van der Waals surface area contributed by atoms with Crippen molar-refractivity contribution in [3.8, 4) is 0 Å². The third-order valence-corrected chi connectivity index (χ3v) is 4.93. The fourth-order valence-electron chi connectivity index (χ4n) is 3.69. The van der Waals surface area contributed by atoms with Crippen LogP contribution in [-0.2, 0) is 0 Å². The fourth-order valence-corrected chi connectivity index (χ4v) is 3.69. The van der Waals surface area contributed by atoms with Crippen molar-refractivity contribution in [2.24, 2.45) is 0 Å². The maximum absolute atomic E-state index is 8.53. The second-order valence-corrected chi connectivity index (χ2v) is 6.85.